The lowest BCUT2D eigenvalue weighted by Gasteiger charge is -2.28. The maximum atomic E-state index is 12.7. The van der Waals surface area contributed by atoms with Gasteiger partial charge in [0.25, 0.3) is 0 Å². The van der Waals surface area contributed by atoms with E-state index in [1.807, 2.05) is 12.1 Å². The molecule has 2 heteroatoms. The van der Waals surface area contributed by atoms with Crippen LogP contribution in [0.5, 0.6) is 0 Å². The molecule has 2 rings (SSSR count). The molecule has 0 spiro atoms. The Morgan fingerprint density at radius 2 is 1.93 bits per heavy atom. The lowest BCUT2D eigenvalue weighted by atomic mass is 9.79. The fourth-order valence-electron chi connectivity index (χ4n) is 2.23. The third-order valence-corrected chi connectivity index (χ3v) is 3.55. The van der Waals surface area contributed by atoms with E-state index in [1.54, 1.807) is 0 Å². The van der Waals surface area contributed by atoms with Crippen molar-refractivity contribution in [1.29, 1.82) is 0 Å². The Hall–Kier alpha value is -0.890. The third kappa shape index (κ3) is 2.37. The average molecular weight is 207 g/mol. The number of benzene rings is 1. The normalized spacial score (nSPS) is 19.9. The molecule has 0 aromatic heterocycles. The summed E-state index contributed by atoms with van der Waals surface area (Å²) in [6, 6.07) is 6.79. The Balaban J connectivity index is 2.09. The van der Waals surface area contributed by atoms with E-state index in [1.165, 1.54) is 30.5 Å². The highest BCUT2D eigenvalue weighted by Crippen LogP contribution is 2.46. The van der Waals surface area contributed by atoms with Crippen LogP contribution < -0.4 is 5.73 Å². The highest BCUT2D eigenvalue weighted by atomic mass is 19.1. The second kappa shape index (κ2) is 3.93. The van der Waals surface area contributed by atoms with Gasteiger partial charge in [-0.25, -0.2) is 4.39 Å². The largest absolute Gasteiger partial charge is 0.330 e. The molecule has 1 aliphatic carbocycles. The molecule has 0 unspecified atom stereocenters. The molecule has 0 radical (unpaired) electrons. The quantitative estimate of drug-likeness (QED) is 0.807. The van der Waals surface area contributed by atoms with Crippen molar-refractivity contribution in [2.24, 2.45) is 17.1 Å². The van der Waals surface area contributed by atoms with Gasteiger partial charge in [0.15, 0.2) is 0 Å². The first-order valence-electron chi connectivity index (χ1n) is 5.58. The topological polar surface area (TPSA) is 26.0 Å². The molecule has 0 amide bonds. The molecular formula is C13H18FN. The Morgan fingerprint density at radius 1 is 1.33 bits per heavy atom. The lowest BCUT2D eigenvalue weighted by molar-refractivity contribution is 0.281. The zero-order valence-corrected chi connectivity index (χ0v) is 9.17. The van der Waals surface area contributed by atoms with Crippen molar-refractivity contribution >= 4 is 0 Å². The van der Waals surface area contributed by atoms with Crippen molar-refractivity contribution in [3.05, 3.63) is 35.6 Å². The van der Waals surface area contributed by atoms with Crippen LogP contribution in [-0.2, 0) is 6.42 Å². The van der Waals surface area contributed by atoms with Gasteiger partial charge in [-0.1, -0.05) is 19.1 Å². The van der Waals surface area contributed by atoms with Crippen molar-refractivity contribution in [3.63, 3.8) is 0 Å². The zero-order chi connectivity index (χ0) is 10.9. The van der Waals surface area contributed by atoms with E-state index in [9.17, 15) is 4.39 Å². The Bertz CT molecular complexity index is 329. The summed E-state index contributed by atoms with van der Waals surface area (Å²) < 4.78 is 12.7. The zero-order valence-electron chi connectivity index (χ0n) is 9.17. The summed E-state index contributed by atoms with van der Waals surface area (Å²) in [5.74, 6) is 0.604. The molecule has 1 nitrogen and oxygen atoms in total. The molecular weight excluding hydrogens is 189 g/mol. The summed E-state index contributed by atoms with van der Waals surface area (Å²) in [7, 11) is 0. The molecule has 1 aromatic rings. The summed E-state index contributed by atoms with van der Waals surface area (Å²) >= 11 is 0. The molecule has 82 valence electrons. The number of hydrogen-bond donors (Lipinski definition) is 1. The predicted molar refractivity (Wildman–Crippen MR) is 60.0 cm³/mol. The van der Waals surface area contributed by atoms with Crippen LogP contribution in [0.25, 0.3) is 0 Å². The summed E-state index contributed by atoms with van der Waals surface area (Å²) in [5.41, 5.74) is 7.25. The van der Waals surface area contributed by atoms with Gasteiger partial charge in [0.05, 0.1) is 0 Å². The first-order valence-corrected chi connectivity index (χ1v) is 5.58. The number of hydrogen-bond acceptors (Lipinski definition) is 1. The minimum atomic E-state index is -0.167. The van der Waals surface area contributed by atoms with E-state index in [0.29, 0.717) is 0 Å². The van der Waals surface area contributed by atoms with E-state index in [2.05, 4.69) is 6.92 Å². The SMILES string of the molecule is C[C@](CN)(Cc1ccc(F)cc1)C1CC1. The first kappa shape index (κ1) is 10.6. The van der Waals surface area contributed by atoms with Crippen molar-refractivity contribution in [1.82, 2.24) is 0 Å². The maximum absolute atomic E-state index is 12.7. The van der Waals surface area contributed by atoms with Crippen molar-refractivity contribution < 1.29 is 4.39 Å². The van der Waals surface area contributed by atoms with Crippen molar-refractivity contribution in [3.8, 4) is 0 Å². The van der Waals surface area contributed by atoms with Gasteiger partial charge in [-0.05, 0) is 54.8 Å². The monoisotopic (exact) mass is 207 g/mol. The molecule has 0 heterocycles. The Morgan fingerprint density at radius 3 is 2.40 bits per heavy atom. The van der Waals surface area contributed by atoms with Crippen LogP contribution in [-0.4, -0.2) is 6.54 Å². The number of rotatable bonds is 4. The molecule has 1 saturated carbocycles. The molecule has 1 aromatic carbocycles. The Kier molecular flexibility index (Phi) is 2.79. The van der Waals surface area contributed by atoms with Crippen molar-refractivity contribution in [2.45, 2.75) is 26.2 Å². The fraction of sp³-hybridized carbons (Fsp3) is 0.538. The Labute approximate surface area is 90.5 Å². The lowest BCUT2D eigenvalue weighted by Crippen LogP contribution is -2.31. The van der Waals surface area contributed by atoms with Crippen LogP contribution >= 0.6 is 0 Å². The molecule has 1 aliphatic rings. The fourth-order valence-corrected chi connectivity index (χ4v) is 2.23. The van der Waals surface area contributed by atoms with Gasteiger partial charge >= 0.3 is 0 Å². The van der Waals surface area contributed by atoms with Crippen LogP contribution in [0.2, 0.25) is 0 Å². The molecule has 0 aliphatic heterocycles. The highest BCUT2D eigenvalue weighted by molar-refractivity contribution is 5.18. The van der Waals surface area contributed by atoms with Crippen LogP contribution in [0.3, 0.4) is 0 Å². The van der Waals surface area contributed by atoms with E-state index in [4.69, 9.17) is 5.73 Å². The molecule has 2 N–H and O–H groups in total. The predicted octanol–water partition coefficient (Wildman–Crippen LogP) is 2.74. The minimum absolute atomic E-state index is 0.167. The molecule has 15 heavy (non-hydrogen) atoms. The first-order chi connectivity index (χ1) is 7.14. The second-order valence-corrected chi connectivity index (χ2v) is 4.94. The molecule has 0 bridgehead atoms. The van der Waals surface area contributed by atoms with E-state index >= 15 is 0 Å². The third-order valence-electron chi connectivity index (χ3n) is 3.55. The minimum Gasteiger partial charge on any atom is -0.330 e. The summed E-state index contributed by atoms with van der Waals surface area (Å²) in [4.78, 5) is 0. The highest BCUT2D eigenvalue weighted by Gasteiger charge is 2.40. The van der Waals surface area contributed by atoms with Gasteiger partial charge in [0.1, 0.15) is 5.82 Å². The van der Waals surface area contributed by atoms with Gasteiger partial charge in [0, 0.05) is 0 Å². The number of nitrogens with two attached hydrogens (primary N) is 1. The van der Waals surface area contributed by atoms with Gasteiger partial charge in [-0.2, -0.15) is 0 Å². The van der Waals surface area contributed by atoms with Crippen LogP contribution in [0, 0.1) is 17.2 Å². The summed E-state index contributed by atoms with van der Waals surface area (Å²) in [6.45, 7) is 2.96. The van der Waals surface area contributed by atoms with Gasteiger partial charge in [-0.3, -0.25) is 0 Å². The van der Waals surface area contributed by atoms with E-state index < -0.39 is 0 Å². The average Bonchev–Trinajstić information content (AvgIpc) is 3.05. The van der Waals surface area contributed by atoms with E-state index in [0.717, 1.165) is 18.9 Å². The van der Waals surface area contributed by atoms with Crippen molar-refractivity contribution in [2.75, 3.05) is 6.54 Å². The van der Waals surface area contributed by atoms with Crippen LogP contribution in [0.1, 0.15) is 25.3 Å². The second-order valence-electron chi connectivity index (χ2n) is 4.94. The molecule has 0 saturated heterocycles. The smallest absolute Gasteiger partial charge is 0.123 e. The van der Waals surface area contributed by atoms with Gasteiger partial charge < -0.3 is 5.73 Å². The summed E-state index contributed by atoms with van der Waals surface area (Å²) in [5, 5.41) is 0. The van der Waals surface area contributed by atoms with Crippen LogP contribution in [0.4, 0.5) is 4.39 Å². The van der Waals surface area contributed by atoms with Crippen LogP contribution in [0.15, 0.2) is 24.3 Å². The molecule has 1 atom stereocenters. The maximum Gasteiger partial charge on any atom is 0.123 e. The standard InChI is InChI=1S/C13H18FN/c1-13(9-15,11-4-5-11)8-10-2-6-12(14)7-3-10/h2-3,6-7,11H,4-5,8-9,15H2,1H3/t13-/m1/s1. The van der Waals surface area contributed by atoms with E-state index in [-0.39, 0.29) is 11.2 Å². The number of halogens is 1. The van der Waals surface area contributed by atoms with Gasteiger partial charge in [-0.15, -0.1) is 0 Å². The van der Waals surface area contributed by atoms with Gasteiger partial charge in [0.2, 0.25) is 0 Å². The summed E-state index contributed by atoms with van der Waals surface area (Å²) in [6.07, 6.45) is 3.57. The molecule has 1 fully saturated rings.